The first-order valence-electron chi connectivity index (χ1n) is 10.7. The molecule has 1 aromatic carbocycles. The predicted octanol–water partition coefficient (Wildman–Crippen LogP) is 4.29. The van der Waals surface area contributed by atoms with Crippen LogP contribution in [0.5, 0.6) is 0 Å². The Kier molecular flexibility index (Phi) is 7.13. The predicted molar refractivity (Wildman–Crippen MR) is 108 cm³/mol. The van der Waals surface area contributed by atoms with Gasteiger partial charge in [-0.3, -0.25) is 4.79 Å². The molecule has 2 fully saturated rings. The van der Waals surface area contributed by atoms with Gasteiger partial charge in [0.25, 0.3) is 0 Å². The molecule has 0 bridgehead atoms. The van der Waals surface area contributed by atoms with E-state index in [0.29, 0.717) is 17.7 Å². The molecule has 3 heteroatoms. The van der Waals surface area contributed by atoms with Crippen LogP contribution in [0.2, 0.25) is 0 Å². The van der Waals surface area contributed by atoms with Crippen LogP contribution in [0.25, 0.3) is 0 Å². The van der Waals surface area contributed by atoms with E-state index in [1.807, 2.05) is 0 Å². The minimum absolute atomic E-state index is 0.323. The SMILES string of the molecule is CCN(CC1CCN(CCc2ccccc2C)CC1)C(=O)C1CCCC1. The van der Waals surface area contributed by atoms with Gasteiger partial charge in [-0.25, -0.2) is 0 Å². The van der Waals surface area contributed by atoms with Crippen LogP contribution in [0.3, 0.4) is 0 Å². The van der Waals surface area contributed by atoms with Crippen LogP contribution in [-0.4, -0.2) is 48.4 Å². The maximum Gasteiger partial charge on any atom is 0.225 e. The van der Waals surface area contributed by atoms with E-state index in [4.69, 9.17) is 0 Å². The summed E-state index contributed by atoms with van der Waals surface area (Å²) in [7, 11) is 0. The number of nitrogens with zero attached hydrogens (tertiary/aromatic N) is 2. The molecule has 0 aromatic heterocycles. The lowest BCUT2D eigenvalue weighted by atomic mass is 9.95. The van der Waals surface area contributed by atoms with Gasteiger partial charge in [0, 0.05) is 25.6 Å². The highest BCUT2D eigenvalue weighted by Crippen LogP contribution is 2.27. The molecule has 1 aromatic rings. The third-order valence-electron chi connectivity index (χ3n) is 6.54. The molecular formula is C23H36N2O. The standard InChI is InChI=1S/C23H36N2O/c1-3-25(23(26)22-10-6-7-11-22)18-20-12-15-24(16-13-20)17-14-21-9-5-4-8-19(21)2/h4-5,8-9,20,22H,3,6-7,10-18H2,1-2H3. The van der Waals surface area contributed by atoms with E-state index in [1.54, 1.807) is 0 Å². The van der Waals surface area contributed by atoms with Crippen LogP contribution >= 0.6 is 0 Å². The van der Waals surface area contributed by atoms with Crippen molar-refractivity contribution >= 4 is 5.91 Å². The van der Waals surface area contributed by atoms with Gasteiger partial charge in [0.1, 0.15) is 0 Å². The third-order valence-corrected chi connectivity index (χ3v) is 6.54. The number of aryl methyl sites for hydroxylation is 1. The molecule has 1 aliphatic heterocycles. The monoisotopic (exact) mass is 356 g/mol. The van der Waals surface area contributed by atoms with E-state index >= 15 is 0 Å². The van der Waals surface area contributed by atoms with Crippen molar-refractivity contribution in [2.45, 2.75) is 58.8 Å². The Labute approximate surface area is 159 Å². The minimum atomic E-state index is 0.323. The molecule has 0 spiro atoms. The summed E-state index contributed by atoms with van der Waals surface area (Å²) in [6.45, 7) is 9.75. The second kappa shape index (κ2) is 9.55. The van der Waals surface area contributed by atoms with E-state index in [-0.39, 0.29) is 0 Å². The van der Waals surface area contributed by atoms with Crippen molar-refractivity contribution in [3.63, 3.8) is 0 Å². The van der Waals surface area contributed by atoms with Crippen molar-refractivity contribution in [2.24, 2.45) is 11.8 Å². The maximum atomic E-state index is 12.7. The molecule has 1 heterocycles. The van der Waals surface area contributed by atoms with Crippen LogP contribution < -0.4 is 0 Å². The molecule has 0 radical (unpaired) electrons. The van der Waals surface area contributed by atoms with E-state index < -0.39 is 0 Å². The summed E-state index contributed by atoms with van der Waals surface area (Å²) in [6, 6.07) is 8.74. The Hall–Kier alpha value is -1.35. The normalized spacial score (nSPS) is 19.8. The van der Waals surface area contributed by atoms with Crippen molar-refractivity contribution in [1.29, 1.82) is 0 Å². The van der Waals surface area contributed by atoms with Gasteiger partial charge in [-0.05, 0) is 76.1 Å². The van der Waals surface area contributed by atoms with Gasteiger partial charge in [-0.1, -0.05) is 37.1 Å². The molecule has 1 amide bonds. The zero-order chi connectivity index (χ0) is 18.4. The highest BCUT2D eigenvalue weighted by molar-refractivity contribution is 5.79. The van der Waals surface area contributed by atoms with Gasteiger partial charge in [-0.15, -0.1) is 0 Å². The largest absolute Gasteiger partial charge is 0.342 e. The van der Waals surface area contributed by atoms with Crippen molar-refractivity contribution in [1.82, 2.24) is 9.80 Å². The molecule has 1 saturated heterocycles. The first kappa shape index (κ1) is 19.4. The number of benzene rings is 1. The van der Waals surface area contributed by atoms with Crippen LogP contribution in [-0.2, 0) is 11.2 Å². The number of piperidine rings is 1. The maximum absolute atomic E-state index is 12.7. The summed E-state index contributed by atoms with van der Waals surface area (Å²) in [6.07, 6.45) is 8.35. The molecule has 1 saturated carbocycles. The highest BCUT2D eigenvalue weighted by atomic mass is 16.2. The number of carbonyl (C=O) groups is 1. The molecule has 1 aliphatic carbocycles. The van der Waals surface area contributed by atoms with Crippen LogP contribution in [0, 0.1) is 18.8 Å². The van der Waals surface area contributed by atoms with E-state index in [2.05, 4.69) is 47.9 Å². The first-order chi connectivity index (χ1) is 12.7. The average molecular weight is 357 g/mol. The Morgan fingerprint density at radius 3 is 2.46 bits per heavy atom. The van der Waals surface area contributed by atoms with Gasteiger partial charge >= 0.3 is 0 Å². The molecular weight excluding hydrogens is 320 g/mol. The van der Waals surface area contributed by atoms with Crippen molar-refractivity contribution in [2.75, 3.05) is 32.7 Å². The molecule has 26 heavy (non-hydrogen) atoms. The summed E-state index contributed by atoms with van der Waals surface area (Å²) < 4.78 is 0. The molecule has 3 rings (SSSR count). The zero-order valence-electron chi connectivity index (χ0n) is 16.8. The van der Waals surface area contributed by atoms with Crippen molar-refractivity contribution in [3.05, 3.63) is 35.4 Å². The summed E-state index contributed by atoms with van der Waals surface area (Å²) in [5.41, 5.74) is 2.89. The van der Waals surface area contributed by atoms with Crippen molar-refractivity contribution in [3.8, 4) is 0 Å². The molecule has 0 N–H and O–H groups in total. The van der Waals surface area contributed by atoms with Gasteiger partial charge in [0.15, 0.2) is 0 Å². The summed E-state index contributed by atoms with van der Waals surface area (Å²) in [5, 5.41) is 0. The van der Waals surface area contributed by atoms with E-state index in [9.17, 15) is 4.79 Å². The first-order valence-corrected chi connectivity index (χ1v) is 10.7. The summed E-state index contributed by atoms with van der Waals surface area (Å²) in [5.74, 6) is 1.45. The lowest BCUT2D eigenvalue weighted by molar-refractivity contribution is -0.136. The van der Waals surface area contributed by atoms with Gasteiger partial charge < -0.3 is 9.80 Å². The lowest BCUT2D eigenvalue weighted by Gasteiger charge is -2.35. The van der Waals surface area contributed by atoms with Crippen LogP contribution in [0.15, 0.2) is 24.3 Å². The van der Waals surface area contributed by atoms with Gasteiger partial charge in [0.05, 0.1) is 0 Å². The summed E-state index contributed by atoms with van der Waals surface area (Å²) in [4.78, 5) is 17.5. The van der Waals surface area contributed by atoms with Crippen molar-refractivity contribution < 1.29 is 4.79 Å². The molecule has 2 aliphatic rings. The second-order valence-electron chi connectivity index (χ2n) is 8.32. The van der Waals surface area contributed by atoms with Gasteiger partial charge in [0.2, 0.25) is 5.91 Å². The average Bonchev–Trinajstić information content (AvgIpc) is 3.21. The Morgan fingerprint density at radius 1 is 1.12 bits per heavy atom. The van der Waals surface area contributed by atoms with E-state index in [0.717, 1.165) is 38.9 Å². The van der Waals surface area contributed by atoms with Crippen LogP contribution in [0.4, 0.5) is 0 Å². The molecule has 3 nitrogen and oxygen atoms in total. The molecule has 0 atom stereocenters. The number of amides is 1. The Bertz CT molecular complexity index is 571. The van der Waals surface area contributed by atoms with E-state index in [1.165, 1.54) is 49.9 Å². The lowest BCUT2D eigenvalue weighted by Crippen LogP contribution is -2.42. The highest BCUT2D eigenvalue weighted by Gasteiger charge is 2.29. The fourth-order valence-electron chi connectivity index (χ4n) is 4.68. The second-order valence-corrected chi connectivity index (χ2v) is 8.32. The topological polar surface area (TPSA) is 23.6 Å². The van der Waals surface area contributed by atoms with Gasteiger partial charge in [-0.2, -0.15) is 0 Å². The fraction of sp³-hybridized carbons (Fsp3) is 0.696. The fourth-order valence-corrected chi connectivity index (χ4v) is 4.68. The zero-order valence-corrected chi connectivity index (χ0v) is 16.8. The number of hydrogen-bond donors (Lipinski definition) is 0. The quantitative estimate of drug-likeness (QED) is 0.728. The Balaban J connectivity index is 1.41. The number of likely N-dealkylation sites (tertiary alicyclic amines) is 1. The van der Waals surface area contributed by atoms with Crippen LogP contribution in [0.1, 0.15) is 56.6 Å². The third kappa shape index (κ3) is 5.09. The molecule has 144 valence electrons. The smallest absolute Gasteiger partial charge is 0.225 e. The number of carbonyl (C=O) groups excluding carboxylic acids is 1. The Morgan fingerprint density at radius 2 is 1.81 bits per heavy atom. The summed E-state index contributed by atoms with van der Waals surface area (Å²) >= 11 is 0. The minimum Gasteiger partial charge on any atom is -0.342 e. The molecule has 0 unspecified atom stereocenters. The number of hydrogen-bond acceptors (Lipinski definition) is 2. The number of rotatable bonds is 7.